The van der Waals surface area contributed by atoms with E-state index in [0.717, 1.165) is 25.0 Å². The minimum atomic E-state index is -0.658. The number of fused-ring (bicyclic) bond motifs is 2. The van der Waals surface area contributed by atoms with Crippen LogP contribution in [0.5, 0.6) is 0 Å². The van der Waals surface area contributed by atoms with Crippen molar-refractivity contribution >= 4 is 29.5 Å². The molecule has 3 N–H and O–H groups in total. The van der Waals surface area contributed by atoms with Crippen molar-refractivity contribution in [2.45, 2.75) is 68.4 Å². The molecule has 1 aliphatic carbocycles. The molecule has 2 fully saturated rings. The Balaban J connectivity index is 1.67. The van der Waals surface area contributed by atoms with E-state index >= 15 is 0 Å². The average molecular weight is 511 g/mol. The maximum Gasteiger partial charge on any atom is 0.246 e. The molecule has 0 aromatic heterocycles. The quantitative estimate of drug-likeness (QED) is 0.444. The summed E-state index contributed by atoms with van der Waals surface area (Å²) in [5.74, 6) is 0.217. The maximum atomic E-state index is 14.2. The van der Waals surface area contributed by atoms with Crippen LogP contribution in [0.4, 0.5) is 0 Å². The van der Waals surface area contributed by atoms with Crippen LogP contribution in [-0.2, 0) is 20.8 Å². The fourth-order valence-electron chi connectivity index (χ4n) is 6.20. The van der Waals surface area contributed by atoms with E-state index in [1.54, 1.807) is 23.7 Å². The number of carbonyl (C=O) groups excluding carboxylic acids is 3. The first kappa shape index (κ1) is 26.5. The van der Waals surface area contributed by atoms with Crippen molar-refractivity contribution in [2.24, 2.45) is 5.41 Å². The molecule has 1 aromatic rings. The number of allylic oxidation sites excluding steroid dienone is 2. The normalized spacial score (nSPS) is 26.8. The van der Waals surface area contributed by atoms with Crippen LogP contribution < -0.4 is 16.0 Å². The van der Waals surface area contributed by atoms with Crippen molar-refractivity contribution in [2.75, 3.05) is 19.3 Å². The van der Waals surface area contributed by atoms with Crippen LogP contribution >= 0.6 is 11.8 Å². The molecule has 8 heteroatoms. The lowest BCUT2D eigenvalue weighted by Crippen LogP contribution is -2.58. The lowest BCUT2D eigenvalue weighted by Gasteiger charge is -2.38. The smallest absolute Gasteiger partial charge is 0.246 e. The predicted octanol–water partition coefficient (Wildman–Crippen LogP) is 3.09. The number of hydrogen-bond acceptors (Lipinski definition) is 5. The summed E-state index contributed by atoms with van der Waals surface area (Å²) in [4.78, 5) is 42.2. The van der Waals surface area contributed by atoms with E-state index in [1.807, 2.05) is 24.3 Å². The summed E-state index contributed by atoms with van der Waals surface area (Å²) >= 11 is 1.70. The van der Waals surface area contributed by atoms with Gasteiger partial charge in [0.05, 0.1) is 18.0 Å². The molecule has 7 nitrogen and oxygen atoms in total. The van der Waals surface area contributed by atoms with Gasteiger partial charge in [-0.05, 0) is 68.9 Å². The van der Waals surface area contributed by atoms with Gasteiger partial charge in [0, 0.05) is 5.41 Å². The molecule has 1 aromatic carbocycles. The maximum absolute atomic E-state index is 14.2. The molecule has 4 atom stereocenters. The fraction of sp³-hybridized carbons (Fsp3) is 0.536. The summed E-state index contributed by atoms with van der Waals surface area (Å²) < 4.78 is 0. The third-order valence-electron chi connectivity index (χ3n) is 7.73. The highest BCUT2D eigenvalue weighted by atomic mass is 32.2. The molecule has 0 saturated carbocycles. The molecule has 4 unspecified atom stereocenters. The van der Waals surface area contributed by atoms with Gasteiger partial charge in [-0.1, -0.05) is 36.4 Å². The van der Waals surface area contributed by atoms with Gasteiger partial charge >= 0.3 is 0 Å². The van der Waals surface area contributed by atoms with Crippen molar-refractivity contribution in [3.8, 4) is 0 Å². The van der Waals surface area contributed by atoms with Crippen molar-refractivity contribution in [1.82, 2.24) is 20.9 Å². The van der Waals surface area contributed by atoms with Crippen LogP contribution in [0.2, 0.25) is 0 Å². The first-order valence-electron chi connectivity index (χ1n) is 12.9. The van der Waals surface area contributed by atoms with Crippen LogP contribution in [0.15, 0.2) is 49.6 Å². The Morgan fingerprint density at radius 1 is 1.14 bits per heavy atom. The Bertz CT molecular complexity index is 1000. The fourth-order valence-corrected chi connectivity index (χ4v) is 7.68. The Hall–Kier alpha value is -2.58. The van der Waals surface area contributed by atoms with E-state index in [-0.39, 0.29) is 35.7 Å². The van der Waals surface area contributed by atoms with Gasteiger partial charge in [-0.2, -0.15) is 0 Å². The molecule has 4 rings (SSSR count). The molecule has 0 radical (unpaired) electrons. The molecular weight excluding hydrogens is 472 g/mol. The number of thioether (sulfide) groups is 1. The van der Waals surface area contributed by atoms with Crippen LogP contribution in [0.25, 0.3) is 0 Å². The summed E-state index contributed by atoms with van der Waals surface area (Å²) in [6.45, 7) is 8.10. The van der Waals surface area contributed by atoms with Crippen LogP contribution in [0.1, 0.15) is 55.7 Å². The lowest BCUT2D eigenvalue weighted by atomic mass is 9.73. The van der Waals surface area contributed by atoms with Crippen molar-refractivity contribution in [3.05, 3.63) is 60.7 Å². The highest BCUT2D eigenvalue weighted by molar-refractivity contribution is 7.99. The van der Waals surface area contributed by atoms with Gasteiger partial charge in [0.2, 0.25) is 17.7 Å². The second-order valence-electron chi connectivity index (χ2n) is 10.1. The molecule has 2 heterocycles. The Labute approximate surface area is 218 Å². The summed E-state index contributed by atoms with van der Waals surface area (Å²) in [6.07, 6.45) is 9.06. The van der Waals surface area contributed by atoms with E-state index in [9.17, 15) is 14.4 Å². The van der Waals surface area contributed by atoms with E-state index in [1.165, 1.54) is 11.1 Å². The van der Waals surface area contributed by atoms with E-state index < -0.39 is 17.5 Å². The molecule has 3 aliphatic rings. The highest BCUT2D eigenvalue weighted by Crippen LogP contribution is 2.51. The number of nitrogens with zero attached hydrogens (tertiary/aromatic N) is 1. The third kappa shape index (κ3) is 5.25. The first-order chi connectivity index (χ1) is 17.4. The zero-order valence-corrected chi connectivity index (χ0v) is 21.9. The summed E-state index contributed by atoms with van der Waals surface area (Å²) in [6, 6.07) is 6.91. The second kappa shape index (κ2) is 11.6. The Kier molecular flexibility index (Phi) is 8.57. The minimum absolute atomic E-state index is 0.0764. The third-order valence-corrected chi connectivity index (χ3v) is 8.98. The molecule has 194 valence electrons. The van der Waals surface area contributed by atoms with Gasteiger partial charge in [0.25, 0.3) is 0 Å². The summed E-state index contributed by atoms with van der Waals surface area (Å²) in [7, 11) is 1.70. The van der Waals surface area contributed by atoms with E-state index in [4.69, 9.17) is 0 Å². The molecule has 0 spiro atoms. The molecule has 36 heavy (non-hydrogen) atoms. The largest absolute Gasteiger partial charge is 0.347 e. The van der Waals surface area contributed by atoms with Gasteiger partial charge in [-0.25, -0.2) is 0 Å². The summed E-state index contributed by atoms with van der Waals surface area (Å²) in [5, 5.41) is 8.93. The number of benzene rings is 1. The van der Waals surface area contributed by atoms with Gasteiger partial charge in [-0.15, -0.1) is 24.9 Å². The van der Waals surface area contributed by atoms with Gasteiger partial charge < -0.3 is 20.9 Å². The lowest BCUT2D eigenvalue weighted by molar-refractivity contribution is -0.144. The highest BCUT2D eigenvalue weighted by Gasteiger charge is 2.57. The zero-order valence-electron chi connectivity index (χ0n) is 21.1. The molecular formula is C28H38N4O3S. The zero-order chi connectivity index (χ0) is 25.7. The first-order valence-corrected chi connectivity index (χ1v) is 14.0. The average Bonchev–Trinajstić information content (AvgIpc) is 3.09. The molecule has 2 aliphatic heterocycles. The van der Waals surface area contributed by atoms with Crippen LogP contribution in [-0.4, -0.2) is 59.4 Å². The predicted molar refractivity (Wildman–Crippen MR) is 144 cm³/mol. The van der Waals surface area contributed by atoms with Crippen LogP contribution in [0, 0.1) is 5.41 Å². The van der Waals surface area contributed by atoms with Crippen molar-refractivity contribution < 1.29 is 14.4 Å². The Morgan fingerprint density at radius 3 is 2.61 bits per heavy atom. The number of hydrogen-bond donors (Lipinski definition) is 3. The van der Waals surface area contributed by atoms with Crippen molar-refractivity contribution in [1.29, 1.82) is 0 Å². The van der Waals surface area contributed by atoms with E-state index in [0.29, 0.717) is 25.7 Å². The number of carbonyl (C=O) groups is 3. The van der Waals surface area contributed by atoms with Gasteiger partial charge in [0.1, 0.15) is 12.1 Å². The van der Waals surface area contributed by atoms with Gasteiger partial charge in [0.15, 0.2) is 0 Å². The minimum Gasteiger partial charge on any atom is -0.347 e. The summed E-state index contributed by atoms with van der Waals surface area (Å²) in [5.41, 5.74) is 1.96. The topological polar surface area (TPSA) is 90.5 Å². The van der Waals surface area contributed by atoms with Crippen LogP contribution in [0.3, 0.4) is 0 Å². The number of likely N-dealkylation sites (N-methyl/N-ethyl adjacent to an activating group) is 1. The molecule has 2 saturated heterocycles. The second-order valence-corrected chi connectivity index (χ2v) is 11.4. The standard InChI is InChI=1S/C28H38N4O3S/c1-4-14-28(15-5-2)17-24-32(27(35)22(13-16-36-24)30-23(33)18-29-3)25(28)26(34)31-21-12-8-10-19-9-6-7-11-20(19)21/h4-7,9,11,21-22,24-25,29H,1-2,8,10,12-18H2,3H3,(H,30,33)(H,31,34). The van der Waals surface area contributed by atoms with E-state index in [2.05, 4.69) is 41.2 Å². The van der Waals surface area contributed by atoms with Gasteiger partial charge in [-0.3, -0.25) is 14.4 Å². The number of rotatable bonds is 9. The molecule has 0 bridgehead atoms. The monoisotopic (exact) mass is 510 g/mol. The number of nitrogens with one attached hydrogen (secondary N) is 3. The molecule has 3 amide bonds. The SMILES string of the molecule is C=CCC1(CC=C)CC2SCCC(NC(=O)CNC)C(=O)N2C1C(=O)NC1CCCc2ccccc21. The Morgan fingerprint density at radius 2 is 1.89 bits per heavy atom. The number of amides is 3. The van der Waals surface area contributed by atoms with Crippen molar-refractivity contribution in [3.63, 3.8) is 0 Å². The number of aryl methyl sites for hydroxylation is 1.